The number of hydrogen-bond acceptors (Lipinski definition) is 5. The number of sulfonamides is 1. The molecule has 2 N–H and O–H groups in total. The number of carboxylic acid groups (broad SMARTS) is 1. The highest BCUT2D eigenvalue weighted by Gasteiger charge is 2.42. The highest BCUT2D eigenvalue weighted by Crippen LogP contribution is 2.41. The second kappa shape index (κ2) is 14.7. The first-order valence-electron chi connectivity index (χ1n) is 16.6. The molecule has 1 saturated carbocycles. The topological polar surface area (TPSA) is 90.0 Å². The minimum atomic E-state index is -5.01. The predicted octanol–water partition coefficient (Wildman–Crippen LogP) is 6.70. The number of rotatable bonds is 14. The maximum absolute atomic E-state index is 14.6. The van der Waals surface area contributed by atoms with Crippen LogP contribution in [0.4, 0.5) is 26.3 Å². The molecule has 2 aromatic rings. The molecule has 7 nitrogen and oxygen atoms in total. The van der Waals surface area contributed by atoms with Gasteiger partial charge in [-0.15, -0.1) is 0 Å². The van der Waals surface area contributed by atoms with Crippen molar-refractivity contribution in [3.63, 3.8) is 0 Å². The fraction of sp³-hybridized carbons (Fsp3) is 0.618. The van der Waals surface area contributed by atoms with Gasteiger partial charge in [0.15, 0.2) is 0 Å². The third kappa shape index (κ3) is 9.10. The maximum atomic E-state index is 14.6. The highest BCUT2D eigenvalue weighted by molar-refractivity contribution is 7.89. The van der Waals surface area contributed by atoms with Gasteiger partial charge in [0, 0.05) is 44.1 Å². The lowest BCUT2D eigenvalue weighted by Crippen LogP contribution is -2.42. The zero-order valence-corrected chi connectivity index (χ0v) is 27.7. The third-order valence-corrected chi connectivity index (χ3v) is 11.4. The van der Waals surface area contributed by atoms with Crippen LogP contribution in [-0.4, -0.2) is 74.6 Å². The Labute approximate surface area is 277 Å². The normalized spacial score (nSPS) is 22.6. The molecule has 2 aromatic carbocycles. The van der Waals surface area contributed by atoms with Gasteiger partial charge in [-0.3, -0.25) is 9.69 Å². The molecule has 5 rings (SSSR count). The van der Waals surface area contributed by atoms with E-state index in [0.29, 0.717) is 76.1 Å². The van der Waals surface area contributed by atoms with E-state index in [-0.39, 0.29) is 36.5 Å². The van der Waals surface area contributed by atoms with Gasteiger partial charge < -0.3 is 10.0 Å². The molecule has 1 aliphatic carbocycles. The van der Waals surface area contributed by atoms with Crippen molar-refractivity contribution in [2.75, 3.05) is 39.3 Å². The molecular formula is C34H43F6N3O4S. The lowest BCUT2D eigenvalue weighted by Gasteiger charge is -2.35. The molecule has 48 heavy (non-hydrogen) atoms. The summed E-state index contributed by atoms with van der Waals surface area (Å²) in [6.07, 6.45) is -1.88. The number of halogens is 6. The number of likely N-dealkylation sites (tertiary alicyclic amines) is 2. The van der Waals surface area contributed by atoms with Gasteiger partial charge in [0.25, 0.3) is 5.92 Å². The third-order valence-electron chi connectivity index (χ3n) is 10.0. The molecule has 266 valence electrons. The van der Waals surface area contributed by atoms with Crippen molar-refractivity contribution in [1.29, 1.82) is 0 Å². The monoisotopic (exact) mass is 703 g/mol. The van der Waals surface area contributed by atoms with Crippen LogP contribution >= 0.6 is 0 Å². The maximum Gasteiger partial charge on any atom is 0.416 e. The number of carboxylic acids is 1. The van der Waals surface area contributed by atoms with Crippen molar-refractivity contribution in [3.8, 4) is 0 Å². The average molecular weight is 704 g/mol. The first-order valence-corrected chi connectivity index (χ1v) is 18.1. The molecule has 0 bridgehead atoms. The van der Waals surface area contributed by atoms with Crippen molar-refractivity contribution in [2.45, 2.75) is 80.8 Å². The number of nitrogens with zero attached hydrogens (tertiary/aromatic N) is 2. The zero-order chi connectivity index (χ0) is 34.9. The average Bonchev–Trinajstić information content (AvgIpc) is 3.76. The van der Waals surface area contributed by atoms with Crippen LogP contribution in [0, 0.1) is 23.6 Å². The zero-order valence-electron chi connectivity index (χ0n) is 26.9. The van der Waals surface area contributed by atoms with Gasteiger partial charge >= 0.3 is 12.1 Å². The van der Waals surface area contributed by atoms with E-state index < -0.39 is 56.6 Å². The van der Waals surface area contributed by atoms with E-state index in [4.69, 9.17) is 0 Å². The summed E-state index contributed by atoms with van der Waals surface area (Å²) in [5.74, 6) is -4.54. The summed E-state index contributed by atoms with van der Waals surface area (Å²) >= 11 is 0. The molecule has 0 radical (unpaired) electrons. The van der Waals surface area contributed by atoms with Crippen molar-refractivity contribution in [2.24, 2.45) is 17.8 Å². The lowest BCUT2D eigenvalue weighted by atomic mass is 9.87. The van der Waals surface area contributed by atoms with Gasteiger partial charge in [0.1, 0.15) is 11.9 Å². The summed E-state index contributed by atoms with van der Waals surface area (Å²) in [6.45, 7) is 4.34. The van der Waals surface area contributed by atoms with E-state index in [1.165, 1.54) is 19.1 Å². The van der Waals surface area contributed by atoms with E-state index in [1.807, 2.05) is 11.0 Å². The van der Waals surface area contributed by atoms with E-state index in [2.05, 4.69) is 9.62 Å². The number of benzene rings is 2. The fourth-order valence-corrected chi connectivity index (χ4v) is 8.32. The summed E-state index contributed by atoms with van der Waals surface area (Å²) in [5, 5.41) is 10.0. The number of hydrogen-bond donors (Lipinski definition) is 2. The summed E-state index contributed by atoms with van der Waals surface area (Å²) in [7, 11) is -4.52. The predicted molar refractivity (Wildman–Crippen MR) is 168 cm³/mol. The van der Waals surface area contributed by atoms with Crippen LogP contribution in [0.2, 0.25) is 0 Å². The van der Waals surface area contributed by atoms with E-state index in [0.717, 1.165) is 18.4 Å². The van der Waals surface area contributed by atoms with Crippen molar-refractivity contribution in [3.05, 3.63) is 65.0 Å². The Morgan fingerprint density at radius 3 is 2.27 bits per heavy atom. The van der Waals surface area contributed by atoms with Crippen LogP contribution in [0.15, 0.2) is 47.4 Å². The van der Waals surface area contributed by atoms with E-state index in [1.54, 1.807) is 6.07 Å². The van der Waals surface area contributed by atoms with Gasteiger partial charge in [-0.25, -0.2) is 26.3 Å². The summed E-state index contributed by atoms with van der Waals surface area (Å²) < 4.78 is 113. The van der Waals surface area contributed by atoms with Crippen molar-refractivity contribution < 1.29 is 44.7 Å². The second-order valence-corrected chi connectivity index (χ2v) is 15.5. The van der Waals surface area contributed by atoms with E-state index in [9.17, 15) is 44.7 Å². The molecule has 2 saturated heterocycles. The molecular weight excluding hydrogens is 660 g/mol. The number of piperidine rings is 1. The van der Waals surface area contributed by atoms with Crippen LogP contribution in [0.25, 0.3) is 0 Å². The molecule has 3 fully saturated rings. The largest absolute Gasteiger partial charge is 0.480 e. The Morgan fingerprint density at radius 2 is 1.67 bits per heavy atom. The highest BCUT2D eigenvalue weighted by atomic mass is 32.2. The quantitative estimate of drug-likeness (QED) is 0.213. The molecule has 14 heteroatoms. The number of aliphatic carboxylic acids is 1. The smallest absolute Gasteiger partial charge is 0.416 e. The Hall–Kier alpha value is -2.68. The van der Waals surface area contributed by atoms with Gasteiger partial charge in [-0.05, 0) is 86.0 Å². The minimum Gasteiger partial charge on any atom is -0.480 e. The van der Waals surface area contributed by atoms with Crippen LogP contribution in [0.3, 0.4) is 0 Å². The van der Waals surface area contributed by atoms with Gasteiger partial charge in [0.2, 0.25) is 10.0 Å². The number of alkyl halides is 5. The molecule has 0 spiro atoms. The SMILES string of the molecule is CCCC(F)(F)c1cc(C(F)(F)F)cc(S(=O)(=O)NCC2CCN(C[C@H]3CN([C@H](CC4CC4)C(=O)O)C[C@@H]3c3cccc(F)c3)CC2)c1. The van der Waals surface area contributed by atoms with Gasteiger partial charge in [-0.2, -0.15) is 13.2 Å². The van der Waals surface area contributed by atoms with Crippen molar-refractivity contribution in [1.82, 2.24) is 14.5 Å². The molecule has 3 atom stereocenters. The Bertz CT molecular complexity index is 1540. The summed E-state index contributed by atoms with van der Waals surface area (Å²) in [4.78, 5) is 15.6. The van der Waals surface area contributed by atoms with E-state index >= 15 is 0 Å². The van der Waals surface area contributed by atoms with Crippen LogP contribution < -0.4 is 4.72 Å². The fourth-order valence-electron chi connectivity index (χ4n) is 7.14. The molecule has 0 unspecified atom stereocenters. The first kappa shape index (κ1) is 36.6. The summed E-state index contributed by atoms with van der Waals surface area (Å²) in [6, 6.07) is 7.14. The Balaban J connectivity index is 1.22. The molecule has 0 aromatic heterocycles. The Morgan fingerprint density at radius 1 is 0.979 bits per heavy atom. The molecule has 3 aliphatic rings. The minimum absolute atomic E-state index is 0.00395. The lowest BCUT2D eigenvalue weighted by molar-refractivity contribution is -0.143. The molecule has 2 aliphatic heterocycles. The number of nitrogens with one attached hydrogen (secondary N) is 1. The van der Waals surface area contributed by atoms with Crippen LogP contribution in [-0.2, 0) is 26.9 Å². The van der Waals surface area contributed by atoms with Crippen LogP contribution in [0.1, 0.15) is 74.5 Å². The van der Waals surface area contributed by atoms with Gasteiger partial charge in [-0.1, -0.05) is 38.3 Å². The second-order valence-electron chi connectivity index (χ2n) is 13.7. The standard InChI is InChI=1S/C34H43F6N3O4S/c1-2-10-33(36,37)26-15-27(34(38,39)40)17-29(16-26)48(46,47)41-18-23-8-11-42(12-9-23)19-25-20-43(31(32(44)45)13-22-6-7-22)21-30(25)24-4-3-5-28(35)14-24/h3-5,14-17,22-23,25,30-31,41H,2,6-13,18-21H2,1H3,(H,44,45)/t25-,30+,31+/m0/s1. The summed E-state index contributed by atoms with van der Waals surface area (Å²) in [5.41, 5.74) is -1.61. The molecule has 2 heterocycles. The molecule has 0 amide bonds. The van der Waals surface area contributed by atoms with Crippen LogP contribution in [0.5, 0.6) is 0 Å². The number of carbonyl (C=O) groups is 1. The van der Waals surface area contributed by atoms with Crippen molar-refractivity contribution >= 4 is 16.0 Å². The first-order chi connectivity index (χ1) is 22.6. The Kier molecular flexibility index (Phi) is 11.2. The van der Waals surface area contributed by atoms with Gasteiger partial charge in [0.05, 0.1) is 10.5 Å².